The van der Waals surface area contributed by atoms with Gasteiger partial charge in [0.15, 0.2) is 0 Å². The zero-order valence-corrected chi connectivity index (χ0v) is 9.22. The van der Waals surface area contributed by atoms with E-state index in [1.54, 1.807) is 6.07 Å². The quantitative estimate of drug-likeness (QED) is 0.841. The summed E-state index contributed by atoms with van der Waals surface area (Å²) in [6, 6.07) is 6.86. The van der Waals surface area contributed by atoms with Gasteiger partial charge in [-0.3, -0.25) is 0 Å². The molecule has 0 spiro atoms. The van der Waals surface area contributed by atoms with E-state index in [2.05, 4.69) is 0 Å². The van der Waals surface area contributed by atoms with Crippen molar-refractivity contribution in [2.45, 2.75) is 38.4 Å². The second kappa shape index (κ2) is 5.34. The molecule has 0 bridgehead atoms. The van der Waals surface area contributed by atoms with Gasteiger partial charge in [-0.1, -0.05) is 31.2 Å². The Morgan fingerprint density at radius 3 is 2.44 bits per heavy atom. The molecule has 1 unspecified atom stereocenters. The van der Waals surface area contributed by atoms with Crippen molar-refractivity contribution in [1.82, 2.24) is 0 Å². The summed E-state index contributed by atoms with van der Waals surface area (Å²) < 4.78 is 36.2. The summed E-state index contributed by atoms with van der Waals surface area (Å²) >= 11 is 0. The summed E-state index contributed by atoms with van der Waals surface area (Å²) in [6.45, 7) is 1.97. The number of alkyl halides is 3. The molecule has 1 aromatic carbocycles. The lowest BCUT2D eigenvalue weighted by atomic mass is 9.96. The molecule has 0 aliphatic carbocycles. The van der Waals surface area contributed by atoms with Crippen LogP contribution < -0.4 is 5.73 Å². The van der Waals surface area contributed by atoms with E-state index in [4.69, 9.17) is 5.73 Å². The van der Waals surface area contributed by atoms with E-state index >= 15 is 0 Å². The molecule has 0 aliphatic heterocycles. The SMILES string of the molecule is CCc1ccccc1C(N)CCC(F)(F)F. The number of nitrogens with two attached hydrogens (primary N) is 1. The molecule has 0 saturated heterocycles. The Kier molecular flexibility index (Phi) is 4.35. The predicted molar refractivity (Wildman–Crippen MR) is 58.0 cm³/mol. The molecule has 0 aliphatic rings. The van der Waals surface area contributed by atoms with Crippen molar-refractivity contribution in [3.05, 3.63) is 35.4 Å². The summed E-state index contributed by atoms with van der Waals surface area (Å²) in [6.07, 6.45) is -4.22. The summed E-state index contributed by atoms with van der Waals surface area (Å²) in [5.74, 6) is 0. The van der Waals surface area contributed by atoms with Crippen LogP contribution in [0.25, 0.3) is 0 Å². The molecule has 0 saturated carbocycles. The van der Waals surface area contributed by atoms with Gasteiger partial charge < -0.3 is 5.73 Å². The zero-order valence-electron chi connectivity index (χ0n) is 9.22. The molecule has 1 rings (SSSR count). The van der Waals surface area contributed by atoms with Gasteiger partial charge in [-0.2, -0.15) is 13.2 Å². The van der Waals surface area contributed by atoms with Crippen LogP contribution in [0.2, 0.25) is 0 Å². The van der Waals surface area contributed by atoms with Crippen LogP contribution in [0.1, 0.15) is 36.9 Å². The first kappa shape index (κ1) is 13.0. The van der Waals surface area contributed by atoms with Gasteiger partial charge in [0.1, 0.15) is 0 Å². The lowest BCUT2D eigenvalue weighted by Gasteiger charge is -2.16. The second-order valence-electron chi connectivity index (χ2n) is 3.81. The van der Waals surface area contributed by atoms with Crippen LogP contribution >= 0.6 is 0 Å². The first-order valence-corrected chi connectivity index (χ1v) is 5.34. The Labute approximate surface area is 93.5 Å². The number of rotatable bonds is 4. The van der Waals surface area contributed by atoms with Crippen molar-refractivity contribution in [3.63, 3.8) is 0 Å². The molecule has 1 nitrogen and oxygen atoms in total. The molecule has 2 N–H and O–H groups in total. The van der Waals surface area contributed by atoms with Crippen LogP contribution in [-0.4, -0.2) is 6.18 Å². The third-order valence-electron chi connectivity index (χ3n) is 2.57. The third kappa shape index (κ3) is 3.85. The van der Waals surface area contributed by atoms with Crippen LogP contribution in [0.3, 0.4) is 0 Å². The van der Waals surface area contributed by atoms with Gasteiger partial charge in [-0.25, -0.2) is 0 Å². The molecule has 0 amide bonds. The molecule has 90 valence electrons. The smallest absolute Gasteiger partial charge is 0.324 e. The number of benzene rings is 1. The van der Waals surface area contributed by atoms with Crippen molar-refractivity contribution in [3.8, 4) is 0 Å². The Hall–Kier alpha value is -1.03. The maximum absolute atomic E-state index is 12.1. The van der Waals surface area contributed by atoms with E-state index in [-0.39, 0.29) is 6.42 Å². The van der Waals surface area contributed by atoms with Gasteiger partial charge in [0.05, 0.1) is 0 Å². The fourth-order valence-corrected chi connectivity index (χ4v) is 1.69. The molecule has 1 atom stereocenters. The minimum atomic E-state index is -4.13. The van der Waals surface area contributed by atoms with Gasteiger partial charge >= 0.3 is 6.18 Å². The van der Waals surface area contributed by atoms with Gasteiger partial charge in [0, 0.05) is 12.5 Å². The van der Waals surface area contributed by atoms with Gasteiger partial charge in [-0.15, -0.1) is 0 Å². The molecule has 1 aromatic rings. The molecular weight excluding hydrogens is 215 g/mol. The highest BCUT2D eigenvalue weighted by atomic mass is 19.4. The Morgan fingerprint density at radius 2 is 1.88 bits per heavy atom. The highest BCUT2D eigenvalue weighted by Gasteiger charge is 2.28. The fraction of sp³-hybridized carbons (Fsp3) is 0.500. The molecule has 0 heterocycles. The number of aryl methyl sites for hydroxylation is 1. The fourth-order valence-electron chi connectivity index (χ4n) is 1.69. The Balaban J connectivity index is 2.69. The largest absolute Gasteiger partial charge is 0.389 e. The van der Waals surface area contributed by atoms with Gasteiger partial charge in [0.2, 0.25) is 0 Å². The summed E-state index contributed by atoms with van der Waals surface area (Å²) in [7, 11) is 0. The lowest BCUT2D eigenvalue weighted by Crippen LogP contribution is -2.17. The third-order valence-corrected chi connectivity index (χ3v) is 2.57. The van der Waals surface area contributed by atoms with Gasteiger partial charge in [0.25, 0.3) is 0 Å². The van der Waals surface area contributed by atoms with Crippen molar-refractivity contribution >= 4 is 0 Å². The van der Waals surface area contributed by atoms with Crippen molar-refractivity contribution in [2.75, 3.05) is 0 Å². The van der Waals surface area contributed by atoms with Crippen LogP contribution in [0.15, 0.2) is 24.3 Å². The minimum Gasteiger partial charge on any atom is -0.324 e. The predicted octanol–water partition coefficient (Wildman–Crippen LogP) is 3.59. The average Bonchev–Trinajstić information content (AvgIpc) is 2.25. The molecule has 16 heavy (non-hydrogen) atoms. The Bertz CT molecular complexity index is 333. The van der Waals surface area contributed by atoms with Crippen molar-refractivity contribution in [2.24, 2.45) is 5.73 Å². The van der Waals surface area contributed by atoms with Crippen molar-refractivity contribution in [1.29, 1.82) is 0 Å². The minimum absolute atomic E-state index is 0.0550. The number of hydrogen-bond donors (Lipinski definition) is 1. The first-order valence-electron chi connectivity index (χ1n) is 5.34. The topological polar surface area (TPSA) is 26.0 Å². The molecular formula is C12H16F3N. The molecule has 0 fully saturated rings. The summed E-state index contributed by atoms with van der Waals surface area (Å²) in [4.78, 5) is 0. The number of halogens is 3. The highest BCUT2D eigenvalue weighted by molar-refractivity contribution is 5.29. The van der Waals surface area contributed by atoms with Crippen LogP contribution in [0.4, 0.5) is 13.2 Å². The second-order valence-corrected chi connectivity index (χ2v) is 3.81. The van der Waals surface area contributed by atoms with E-state index in [0.717, 1.165) is 17.5 Å². The Morgan fingerprint density at radius 1 is 1.25 bits per heavy atom. The summed E-state index contributed by atoms with van der Waals surface area (Å²) in [5.41, 5.74) is 7.63. The lowest BCUT2D eigenvalue weighted by molar-refractivity contribution is -0.136. The van der Waals surface area contributed by atoms with Gasteiger partial charge in [-0.05, 0) is 24.0 Å². The standard InChI is InChI=1S/C12H16F3N/c1-2-9-5-3-4-6-10(9)11(16)7-8-12(13,14)15/h3-6,11H,2,7-8,16H2,1H3. The summed E-state index contributed by atoms with van der Waals surface area (Å²) in [5, 5.41) is 0. The zero-order chi connectivity index (χ0) is 12.2. The van der Waals surface area contributed by atoms with Crippen LogP contribution in [0.5, 0.6) is 0 Å². The maximum Gasteiger partial charge on any atom is 0.389 e. The van der Waals surface area contributed by atoms with Crippen LogP contribution in [-0.2, 0) is 6.42 Å². The van der Waals surface area contributed by atoms with E-state index in [1.807, 2.05) is 25.1 Å². The normalized spacial score (nSPS) is 13.8. The van der Waals surface area contributed by atoms with Crippen molar-refractivity contribution < 1.29 is 13.2 Å². The monoisotopic (exact) mass is 231 g/mol. The molecule has 0 radical (unpaired) electrons. The number of hydrogen-bond acceptors (Lipinski definition) is 1. The van der Waals surface area contributed by atoms with E-state index < -0.39 is 18.6 Å². The molecule has 4 heteroatoms. The van der Waals surface area contributed by atoms with E-state index in [0.29, 0.717) is 0 Å². The van der Waals surface area contributed by atoms with E-state index in [9.17, 15) is 13.2 Å². The first-order chi connectivity index (χ1) is 7.44. The van der Waals surface area contributed by atoms with E-state index in [1.165, 1.54) is 0 Å². The average molecular weight is 231 g/mol. The molecule has 0 aromatic heterocycles. The maximum atomic E-state index is 12.1. The van der Waals surface area contributed by atoms with Crippen LogP contribution in [0, 0.1) is 0 Å². The highest BCUT2D eigenvalue weighted by Crippen LogP contribution is 2.27.